The van der Waals surface area contributed by atoms with E-state index in [4.69, 9.17) is 21.5 Å². The summed E-state index contributed by atoms with van der Waals surface area (Å²) in [6.45, 7) is 0. The Labute approximate surface area is 116 Å². The summed E-state index contributed by atoms with van der Waals surface area (Å²) in [5.74, 6) is -1.25. The molecule has 0 aliphatic rings. The van der Waals surface area contributed by atoms with E-state index in [0.29, 0.717) is 18.5 Å². The molecular formula is C13H15N5O2. The topological polar surface area (TPSA) is 135 Å². The lowest BCUT2D eigenvalue weighted by Crippen LogP contribution is -2.22. The first-order chi connectivity index (χ1) is 9.54. The summed E-state index contributed by atoms with van der Waals surface area (Å²) in [6.07, 6.45) is 1.18. The average molecular weight is 273 g/mol. The average Bonchev–Trinajstić information content (AvgIpc) is 2.40. The highest BCUT2D eigenvalue weighted by atomic mass is 16.4. The van der Waals surface area contributed by atoms with Gasteiger partial charge in [0.2, 0.25) is 5.71 Å². The molecule has 0 aromatic heterocycles. The summed E-state index contributed by atoms with van der Waals surface area (Å²) in [6, 6.07) is 8.94. The van der Waals surface area contributed by atoms with E-state index in [1.807, 2.05) is 12.1 Å². The van der Waals surface area contributed by atoms with Crippen LogP contribution < -0.4 is 11.2 Å². The molecule has 5 N–H and O–H groups in total. The fraction of sp³-hybridized carbons (Fsp3) is 0.231. The third-order valence-corrected chi connectivity index (χ3v) is 2.50. The summed E-state index contributed by atoms with van der Waals surface area (Å²) in [7, 11) is 0. The van der Waals surface area contributed by atoms with Gasteiger partial charge in [-0.25, -0.2) is 0 Å². The number of anilines is 1. The monoisotopic (exact) mass is 273 g/mol. The van der Waals surface area contributed by atoms with E-state index < -0.39 is 11.8 Å². The second-order valence-electron chi connectivity index (χ2n) is 4.00. The highest BCUT2D eigenvalue weighted by Gasteiger charge is 2.05. The molecule has 0 atom stereocenters. The molecule has 0 fully saturated rings. The molecule has 104 valence electrons. The van der Waals surface area contributed by atoms with Gasteiger partial charge in [0, 0.05) is 6.42 Å². The molecule has 0 saturated carbocycles. The van der Waals surface area contributed by atoms with Crippen LogP contribution in [-0.4, -0.2) is 22.6 Å². The largest absolute Gasteiger partial charge is 0.481 e. The van der Waals surface area contributed by atoms with Crippen molar-refractivity contribution in [2.75, 3.05) is 5.43 Å². The van der Waals surface area contributed by atoms with E-state index in [1.54, 1.807) is 18.2 Å². The van der Waals surface area contributed by atoms with Gasteiger partial charge in [-0.15, -0.1) is 0 Å². The number of hydrogen-bond acceptors (Lipinski definition) is 5. The third-order valence-electron chi connectivity index (χ3n) is 2.50. The maximum absolute atomic E-state index is 10.5. The normalized spacial score (nSPS) is 10.7. The molecule has 7 nitrogen and oxygen atoms in total. The third kappa shape index (κ3) is 4.78. The number of aliphatic carboxylic acids is 1. The number of nitrogens with two attached hydrogens (primary N) is 1. The van der Waals surface area contributed by atoms with Crippen molar-refractivity contribution in [1.82, 2.24) is 0 Å². The lowest BCUT2D eigenvalue weighted by atomic mass is 10.1. The fourth-order valence-electron chi connectivity index (χ4n) is 1.54. The van der Waals surface area contributed by atoms with E-state index in [1.165, 1.54) is 0 Å². The predicted octanol–water partition coefficient (Wildman–Crippen LogP) is 1.32. The van der Waals surface area contributed by atoms with Crippen molar-refractivity contribution in [2.24, 2.45) is 10.8 Å². The van der Waals surface area contributed by atoms with E-state index in [2.05, 4.69) is 10.5 Å². The van der Waals surface area contributed by atoms with Gasteiger partial charge in [-0.3, -0.25) is 15.6 Å². The predicted molar refractivity (Wildman–Crippen MR) is 75.6 cm³/mol. The van der Waals surface area contributed by atoms with Gasteiger partial charge in [-0.05, 0) is 24.5 Å². The molecule has 1 aromatic rings. The molecule has 0 amide bonds. The standard InChI is InChI=1S/C13H15N5O2/c14-8-11(13(15)16)18-17-10-6-2-1-4-9(10)5-3-7-12(19)20/h1-2,4,6,17H,3,5,7H2,(H3,15,16)(H,19,20)/b18-11+. The van der Waals surface area contributed by atoms with Crippen LogP contribution in [0.2, 0.25) is 0 Å². The second kappa shape index (κ2) is 7.53. The number of hydrazone groups is 1. The number of nitriles is 1. The first-order valence-electron chi connectivity index (χ1n) is 5.92. The number of aryl methyl sites for hydroxylation is 1. The Hall–Kier alpha value is -2.88. The maximum Gasteiger partial charge on any atom is 0.303 e. The van der Waals surface area contributed by atoms with Gasteiger partial charge < -0.3 is 10.8 Å². The number of benzene rings is 1. The smallest absolute Gasteiger partial charge is 0.303 e. The van der Waals surface area contributed by atoms with Crippen molar-refractivity contribution in [3.8, 4) is 6.07 Å². The van der Waals surface area contributed by atoms with Crippen LogP contribution in [0.3, 0.4) is 0 Å². The Morgan fingerprint density at radius 2 is 2.20 bits per heavy atom. The zero-order valence-electron chi connectivity index (χ0n) is 10.8. The Bertz CT molecular complexity index is 574. The van der Waals surface area contributed by atoms with Crippen LogP contribution in [0.1, 0.15) is 18.4 Å². The number of carbonyl (C=O) groups is 1. The van der Waals surface area contributed by atoms with E-state index in [-0.39, 0.29) is 12.1 Å². The van der Waals surface area contributed by atoms with Crippen molar-refractivity contribution < 1.29 is 9.90 Å². The van der Waals surface area contributed by atoms with Crippen molar-refractivity contribution >= 4 is 23.2 Å². The first-order valence-corrected chi connectivity index (χ1v) is 5.92. The van der Waals surface area contributed by atoms with Gasteiger partial charge in [0.15, 0.2) is 5.84 Å². The quantitative estimate of drug-likeness (QED) is 0.337. The van der Waals surface area contributed by atoms with Crippen LogP contribution >= 0.6 is 0 Å². The molecule has 0 heterocycles. The van der Waals surface area contributed by atoms with Gasteiger partial charge in [0.1, 0.15) is 6.07 Å². The molecule has 0 bridgehead atoms. The summed E-state index contributed by atoms with van der Waals surface area (Å²) in [4.78, 5) is 10.5. The lowest BCUT2D eigenvalue weighted by molar-refractivity contribution is -0.137. The number of carboxylic acid groups (broad SMARTS) is 1. The molecular weight excluding hydrogens is 258 g/mol. The van der Waals surface area contributed by atoms with Gasteiger partial charge in [0.25, 0.3) is 0 Å². The van der Waals surface area contributed by atoms with Gasteiger partial charge in [-0.2, -0.15) is 10.4 Å². The second-order valence-corrected chi connectivity index (χ2v) is 4.00. The Morgan fingerprint density at radius 1 is 1.50 bits per heavy atom. The highest BCUT2D eigenvalue weighted by Crippen LogP contribution is 2.17. The minimum absolute atomic E-state index is 0.0918. The highest BCUT2D eigenvalue weighted by molar-refractivity contribution is 6.45. The number of nitrogens with zero attached hydrogens (tertiary/aromatic N) is 2. The number of carboxylic acids is 1. The Balaban J connectivity index is 2.78. The molecule has 20 heavy (non-hydrogen) atoms. The SMILES string of the molecule is N#C/C(=N\Nc1ccccc1CCCC(=O)O)C(=N)N. The lowest BCUT2D eigenvalue weighted by Gasteiger charge is -2.08. The van der Waals surface area contributed by atoms with E-state index in [0.717, 1.165) is 5.56 Å². The van der Waals surface area contributed by atoms with Crippen molar-refractivity contribution in [3.05, 3.63) is 29.8 Å². The summed E-state index contributed by atoms with van der Waals surface area (Å²) in [5.41, 5.74) is 9.21. The van der Waals surface area contributed by atoms with Crippen molar-refractivity contribution in [1.29, 1.82) is 10.7 Å². The Morgan fingerprint density at radius 3 is 2.80 bits per heavy atom. The molecule has 0 aliphatic heterocycles. The van der Waals surface area contributed by atoms with E-state index in [9.17, 15) is 4.79 Å². The zero-order valence-corrected chi connectivity index (χ0v) is 10.8. The summed E-state index contributed by atoms with van der Waals surface area (Å²) in [5, 5.41) is 28.3. The number of hydrogen-bond donors (Lipinski definition) is 4. The van der Waals surface area contributed by atoms with Crippen LogP contribution in [0.5, 0.6) is 0 Å². The molecule has 0 radical (unpaired) electrons. The van der Waals surface area contributed by atoms with Crippen LogP contribution in [-0.2, 0) is 11.2 Å². The number of nitrogens with one attached hydrogen (secondary N) is 2. The number of amidine groups is 1. The van der Waals surface area contributed by atoms with Crippen molar-refractivity contribution in [2.45, 2.75) is 19.3 Å². The molecule has 0 unspecified atom stereocenters. The fourth-order valence-corrected chi connectivity index (χ4v) is 1.54. The number of rotatable bonds is 7. The van der Waals surface area contributed by atoms with Crippen LogP contribution in [0.25, 0.3) is 0 Å². The molecule has 0 aliphatic carbocycles. The first kappa shape index (κ1) is 15.2. The maximum atomic E-state index is 10.5. The van der Waals surface area contributed by atoms with Crippen LogP contribution in [0.15, 0.2) is 29.4 Å². The van der Waals surface area contributed by atoms with Crippen LogP contribution in [0.4, 0.5) is 5.69 Å². The van der Waals surface area contributed by atoms with Crippen molar-refractivity contribution in [3.63, 3.8) is 0 Å². The Kier molecular flexibility index (Phi) is 5.72. The molecule has 1 aromatic carbocycles. The van der Waals surface area contributed by atoms with Gasteiger partial charge in [0.05, 0.1) is 5.69 Å². The molecule has 1 rings (SSSR count). The van der Waals surface area contributed by atoms with Gasteiger partial charge >= 0.3 is 5.97 Å². The van der Waals surface area contributed by atoms with E-state index >= 15 is 0 Å². The summed E-state index contributed by atoms with van der Waals surface area (Å²) >= 11 is 0. The zero-order chi connectivity index (χ0) is 15.0. The minimum atomic E-state index is -0.836. The summed E-state index contributed by atoms with van der Waals surface area (Å²) < 4.78 is 0. The number of para-hydroxylation sites is 1. The minimum Gasteiger partial charge on any atom is -0.481 e. The van der Waals surface area contributed by atoms with Crippen LogP contribution in [0, 0.1) is 16.7 Å². The van der Waals surface area contributed by atoms with Gasteiger partial charge in [-0.1, -0.05) is 18.2 Å². The molecule has 7 heteroatoms. The molecule has 0 spiro atoms. The molecule has 0 saturated heterocycles.